The van der Waals surface area contributed by atoms with Crippen molar-refractivity contribution >= 4 is 11.6 Å². The van der Waals surface area contributed by atoms with Crippen LogP contribution in [0.15, 0.2) is 30.9 Å². The predicted octanol–water partition coefficient (Wildman–Crippen LogP) is 1.72. The zero-order valence-electron chi connectivity index (χ0n) is 9.28. The van der Waals surface area contributed by atoms with Gasteiger partial charge in [0.25, 0.3) is 0 Å². The molecule has 0 fully saturated rings. The van der Waals surface area contributed by atoms with Crippen molar-refractivity contribution in [1.29, 1.82) is 0 Å². The molecule has 2 rings (SSSR count). The van der Waals surface area contributed by atoms with Gasteiger partial charge in [0.2, 0.25) is 5.91 Å². The summed E-state index contributed by atoms with van der Waals surface area (Å²) in [4.78, 5) is 13.6. The fourth-order valence-corrected chi connectivity index (χ4v) is 2.28. The average molecular weight is 216 g/mol. The van der Waals surface area contributed by atoms with E-state index in [0.29, 0.717) is 5.56 Å². The summed E-state index contributed by atoms with van der Waals surface area (Å²) in [5, 5.41) is 0. The summed E-state index contributed by atoms with van der Waals surface area (Å²) in [7, 11) is 0. The monoisotopic (exact) mass is 216 g/mol. The Labute approximate surface area is 95.6 Å². The van der Waals surface area contributed by atoms with Crippen LogP contribution in [-0.4, -0.2) is 19.0 Å². The number of benzene rings is 1. The molecule has 3 heteroatoms. The molecule has 0 radical (unpaired) electrons. The van der Waals surface area contributed by atoms with Gasteiger partial charge >= 0.3 is 0 Å². The lowest BCUT2D eigenvalue weighted by Gasteiger charge is -2.31. The van der Waals surface area contributed by atoms with Crippen LogP contribution in [0.4, 0.5) is 5.69 Å². The largest absolute Gasteiger partial charge is 0.368 e. The smallest absolute Gasteiger partial charge is 0.249 e. The van der Waals surface area contributed by atoms with E-state index in [0.717, 1.165) is 37.2 Å². The van der Waals surface area contributed by atoms with Crippen molar-refractivity contribution in [3.05, 3.63) is 42.0 Å². The van der Waals surface area contributed by atoms with Crippen LogP contribution in [0, 0.1) is 0 Å². The molecule has 2 N–H and O–H groups in total. The van der Waals surface area contributed by atoms with Crippen molar-refractivity contribution in [2.24, 2.45) is 5.73 Å². The molecule has 84 valence electrons. The summed E-state index contributed by atoms with van der Waals surface area (Å²) in [6, 6.07) is 5.74. The summed E-state index contributed by atoms with van der Waals surface area (Å²) in [6.07, 6.45) is 3.87. The molecule has 0 atom stereocenters. The van der Waals surface area contributed by atoms with E-state index < -0.39 is 0 Å². The minimum Gasteiger partial charge on any atom is -0.368 e. The van der Waals surface area contributed by atoms with E-state index in [1.165, 1.54) is 0 Å². The molecule has 1 amide bonds. The Morgan fingerprint density at radius 1 is 1.56 bits per heavy atom. The van der Waals surface area contributed by atoms with Crippen LogP contribution in [0.25, 0.3) is 0 Å². The highest BCUT2D eigenvalue weighted by atomic mass is 16.1. The highest BCUT2D eigenvalue weighted by Gasteiger charge is 2.20. The summed E-state index contributed by atoms with van der Waals surface area (Å²) in [5.41, 5.74) is 8.25. The summed E-state index contributed by atoms with van der Waals surface area (Å²) in [6.45, 7) is 5.58. The Balaban J connectivity index is 2.46. The Kier molecular flexibility index (Phi) is 2.95. The van der Waals surface area contributed by atoms with E-state index in [9.17, 15) is 4.79 Å². The first-order valence-corrected chi connectivity index (χ1v) is 5.51. The van der Waals surface area contributed by atoms with E-state index in [2.05, 4.69) is 11.5 Å². The molecule has 0 saturated carbocycles. The Hall–Kier alpha value is -1.77. The quantitative estimate of drug-likeness (QED) is 0.782. The molecule has 0 aromatic heterocycles. The first-order chi connectivity index (χ1) is 7.74. The summed E-state index contributed by atoms with van der Waals surface area (Å²) < 4.78 is 0. The maximum atomic E-state index is 11.3. The lowest BCUT2D eigenvalue weighted by atomic mass is 9.96. The first-order valence-electron chi connectivity index (χ1n) is 5.51. The highest BCUT2D eigenvalue weighted by Crippen LogP contribution is 2.29. The number of amides is 1. The van der Waals surface area contributed by atoms with Crippen molar-refractivity contribution in [2.75, 3.05) is 18.0 Å². The number of primary amides is 1. The number of anilines is 1. The molecular formula is C13H16N2O. The molecule has 16 heavy (non-hydrogen) atoms. The van der Waals surface area contributed by atoms with Gasteiger partial charge in [-0.1, -0.05) is 12.1 Å². The Morgan fingerprint density at radius 2 is 2.38 bits per heavy atom. The number of hydrogen-bond donors (Lipinski definition) is 1. The molecule has 0 aliphatic carbocycles. The number of nitrogens with two attached hydrogens (primary N) is 1. The van der Waals surface area contributed by atoms with Crippen LogP contribution in [0.2, 0.25) is 0 Å². The number of carbonyl (C=O) groups excluding carboxylic acids is 1. The summed E-state index contributed by atoms with van der Waals surface area (Å²) in [5.74, 6) is -0.336. The lowest BCUT2D eigenvalue weighted by Crippen LogP contribution is -2.30. The topological polar surface area (TPSA) is 46.3 Å². The van der Waals surface area contributed by atoms with Crippen molar-refractivity contribution < 1.29 is 4.79 Å². The second kappa shape index (κ2) is 4.39. The van der Waals surface area contributed by atoms with E-state index in [-0.39, 0.29) is 5.91 Å². The average Bonchev–Trinajstić information content (AvgIpc) is 2.29. The fraction of sp³-hybridized carbons (Fsp3) is 0.308. The van der Waals surface area contributed by atoms with Crippen molar-refractivity contribution in [1.82, 2.24) is 0 Å². The van der Waals surface area contributed by atoms with E-state index >= 15 is 0 Å². The molecule has 0 spiro atoms. The summed E-state index contributed by atoms with van der Waals surface area (Å²) >= 11 is 0. The third-order valence-electron chi connectivity index (χ3n) is 2.96. The molecule has 0 saturated heterocycles. The third-order valence-corrected chi connectivity index (χ3v) is 2.96. The van der Waals surface area contributed by atoms with Crippen molar-refractivity contribution in [3.63, 3.8) is 0 Å². The van der Waals surface area contributed by atoms with Crippen LogP contribution in [0.5, 0.6) is 0 Å². The SMILES string of the molecule is C=CCN1CCCc2c(C(N)=O)cccc21. The number of nitrogens with zero attached hydrogens (tertiary/aromatic N) is 1. The van der Waals surface area contributed by atoms with Crippen LogP contribution in [0.1, 0.15) is 22.3 Å². The zero-order chi connectivity index (χ0) is 11.5. The van der Waals surface area contributed by atoms with Gasteiger partial charge in [-0.15, -0.1) is 6.58 Å². The Morgan fingerprint density at radius 3 is 3.06 bits per heavy atom. The minimum atomic E-state index is -0.336. The van der Waals surface area contributed by atoms with Crippen molar-refractivity contribution in [2.45, 2.75) is 12.8 Å². The molecule has 1 heterocycles. The van der Waals surface area contributed by atoms with Gasteiger partial charge in [0.1, 0.15) is 0 Å². The van der Waals surface area contributed by atoms with Gasteiger partial charge in [0, 0.05) is 24.3 Å². The maximum absolute atomic E-state index is 11.3. The van der Waals surface area contributed by atoms with Crippen LogP contribution in [0.3, 0.4) is 0 Å². The van der Waals surface area contributed by atoms with Crippen molar-refractivity contribution in [3.8, 4) is 0 Å². The third kappa shape index (κ3) is 1.81. The molecule has 1 aromatic rings. The van der Waals surface area contributed by atoms with Gasteiger partial charge in [-0.25, -0.2) is 0 Å². The Bertz CT molecular complexity index is 426. The number of rotatable bonds is 3. The van der Waals surface area contributed by atoms with E-state index in [1.54, 1.807) is 6.07 Å². The van der Waals surface area contributed by atoms with Gasteiger partial charge in [-0.3, -0.25) is 4.79 Å². The van der Waals surface area contributed by atoms with Gasteiger partial charge in [0.05, 0.1) is 0 Å². The minimum absolute atomic E-state index is 0.336. The lowest BCUT2D eigenvalue weighted by molar-refractivity contribution is 0.0999. The van der Waals surface area contributed by atoms with Gasteiger partial charge in [-0.2, -0.15) is 0 Å². The first kappa shape index (κ1) is 10.7. The van der Waals surface area contributed by atoms with Crippen LogP contribution in [-0.2, 0) is 6.42 Å². The van der Waals surface area contributed by atoms with Gasteiger partial charge < -0.3 is 10.6 Å². The molecule has 1 aliphatic heterocycles. The van der Waals surface area contributed by atoms with E-state index in [4.69, 9.17) is 5.73 Å². The van der Waals surface area contributed by atoms with Gasteiger partial charge in [-0.05, 0) is 30.5 Å². The molecule has 1 aromatic carbocycles. The van der Waals surface area contributed by atoms with Gasteiger partial charge in [0.15, 0.2) is 0 Å². The van der Waals surface area contributed by atoms with Crippen LogP contribution >= 0.6 is 0 Å². The molecular weight excluding hydrogens is 200 g/mol. The molecule has 1 aliphatic rings. The highest BCUT2D eigenvalue weighted by molar-refractivity contribution is 5.96. The second-order valence-electron chi connectivity index (χ2n) is 4.01. The molecule has 0 bridgehead atoms. The van der Waals surface area contributed by atoms with Crippen LogP contribution < -0.4 is 10.6 Å². The number of hydrogen-bond acceptors (Lipinski definition) is 2. The predicted molar refractivity (Wildman–Crippen MR) is 65.7 cm³/mol. The zero-order valence-corrected chi connectivity index (χ0v) is 9.28. The molecule has 3 nitrogen and oxygen atoms in total. The van der Waals surface area contributed by atoms with E-state index in [1.807, 2.05) is 18.2 Å². The molecule has 0 unspecified atom stereocenters. The number of carbonyl (C=O) groups is 1. The fourth-order valence-electron chi connectivity index (χ4n) is 2.28. The normalized spacial score (nSPS) is 14.4. The second-order valence-corrected chi connectivity index (χ2v) is 4.01. The number of fused-ring (bicyclic) bond motifs is 1. The maximum Gasteiger partial charge on any atom is 0.249 e. The standard InChI is InChI=1S/C13H16N2O/c1-2-8-15-9-4-6-10-11(13(14)16)5-3-7-12(10)15/h2-3,5,7H,1,4,6,8-9H2,(H2,14,16).